The van der Waals surface area contributed by atoms with E-state index in [-0.39, 0.29) is 5.91 Å². The Labute approximate surface area is 148 Å². The van der Waals surface area contributed by atoms with Crippen LogP contribution in [0.5, 0.6) is 0 Å². The normalized spacial score (nSPS) is 14.7. The third-order valence-electron chi connectivity index (χ3n) is 4.63. The molecule has 0 atom stereocenters. The zero-order valence-electron chi connectivity index (χ0n) is 14.5. The van der Waals surface area contributed by atoms with E-state index in [2.05, 4.69) is 66.3 Å². The molecule has 2 heterocycles. The van der Waals surface area contributed by atoms with E-state index < -0.39 is 0 Å². The van der Waals surface area contributed by atoms with Gasteiger partial charge in [-0.1, -0.05) is 56.0 Å². The van der Waals surface area contributed by atoms with Crippen molar-refractivity contribution >= 4 is 33.9 Å². The summed E-state index contributed by atoms with van der Waals surface area (Å²) in [5.74, 6) is 0.229. The summed E-state index contributed by atoms with van der Waals surface area (Å²) in [6.07, 6.45) is 7.54. The number of carbonyl (C=O) groups is 1. The SMILES string of the molecule is C=CN1CCCCCC1=O.C=Cn1c2ccccc2c2ccccc21. The molecule has 1 fully saturated rings. The first-order valence-electron chi connectivity index (χ1n) is 8.78. The molecule has 1 amide bonds. The van der Waals surface area contributed by atoms with Crippen molar-refractivity contribution in [1.82, 2.24) is 9.47 Å². The molecule has 1 aromatic heterocycles. The van der Waals surface area contributed by atoms with Gasteiger partial charge in [-0.3, -0.25) is 4.79 Å². The van der Waals surface area contributed by atoms with Crippen LogP contribution in [0.1, 0.15) is 25.7 Å². The van der Waals surface area contributed by atoms with E-state index >= 15 is 0 Å². The van der Waals surface area contributed by atoms with E-state index in [0.717, 1.165) is 19.4 Å². The van der Waals surface area contributed by atoms with Crippen LogP contribution >= 0.6 is 0 Å². The van der Waals surface area contributed by atoms with Crippen molar-refractivity contribution in [3.05, 3.63) is 67.9 Å². The number of carbonyl (C=O) groups excluding carboxylic acids is 1. The van der Waals surface area contributed by atoms with E-state index in [1.807, 2.05) is 6.20 Å². The summed E-state index contributed by atoms with van der Waals surface area (Å²) >= 11 is 0. The lowest BCUT2D eigenvalue weighted by atomic mass is 10.2. The molecule has 0 unspecified atom stereocenters. The summed E-state index contributed by atoms with van der Waals surface area (Å²) in [5.41, 5.74) is 2.43. The number of aromatic nitrogens is 1. The molecule has 1 aliphatic rings. The van der Waals surface area contributed by atoms with Gasteiger partial charge in [-0.2, -0.15) is 0 Å². The summed E-state index contributed by atoms with van der Waals surface area (Å²) < 4.78 is 2.13. The lowest BCUT2D eigenvalue weighted by Crippen LogP contribution is -2.23. The fourth-order valence-electron chi connectivity index (χ4n) is 3.35. The summed E-state index contributed by atoms with van der Waals surface area (Å²) in [4.78, 5) is 12.8. The number of fused-ring (bicyclic) bond motifs is 3. The highest BCUT2D eigenvalue weighted by molar-refractivity contribution is 6.09. The van der Waals surface area contributed by atoms with Crippen molar-refractivity contribution in [3.8, 4) is 0 Å². The number of likely N-dealkylation sites (tertiary alicyclic amines) is 1. The van der Waals surface area contributed by atoms with Crippen LogP contribution < -0.4 is 0 Å². The van der Waals surface area contributed by atoms with Gasteiger partial charge in [-0.05, 0) is 31.2 Å². The molecule has 2 aromatic carbocycles. The number of hydrogen-bond acceptors (Lipinski definition) is 1. The third-order valence-corrected chi connectivity index (χ3v) is 4.63. The monoisotopic (exact) mass is 332 g/mol. The number of amides is 1. The van der Waals surface area contributed by atoms with Gasteiger partial charge in [0.05, 0.1) is 11.0 Å². The van der Waals surface area contributed by atoms with Gasteiger partial charge in [0.15, 0.2) is 0 Å². The number of benzene rings is 2. The second-order valence-corrected chi connectivity index (χ2v) is 6.17. The van der Waals surface area contributed by atoms with E-state index in [0.29, 0.717) is 6.42 Å². The molecule has 1 aliphatic heterocycles. The Hall–Kier alpha value is -2.81. The van der Waals surface area contributed by atoms with Crippen molar-refractivity contribution in [2.45, 2.75) is 25.7 Å². The first kappa shape index (κ1) is 17.0. The highest BCUT2D eigenvalue weighted by Gasteiger charge is 2.12. The van der Waals surface area contributed by atoms with Crippen LogP contribution in [0.3, 0.4) is 0 Å². The summed E-state index contributed by atoms with van der Waals surface area (Å²) in [6.45, 7) is 8.31. The van der Waals surface area contributed by atoms with Crippen molar-refractivity contribution in [3.63, 3.8) is 0 Å². The molecule has 25 heavy (non-hydrogen) atoms. The molecule has 0 radical (unpaired) electrons. The maximum Gasteiger partial charge on any atom is 0.226 e. The van der Waals surface area contributed by atoms with E-state index in [1.54, 1.807) is 11.1 Å². The van der Waals surface area contributed by atoms with Crippen LogP contribution in [0, 0.1) is 0 Å². The number of rotatable bonds is 2. The smallest absolute Gasteiger partial charge is 0.226 e. The maximum absolute atomic E-state index is 11.1. The fourth-order valence-corrected chi connectivity index (χ4v) is 3.35. The fraction of sp³-hybridized carbons (Fsp3) is 0.227. The second-order valence-electron chi connectivity index (χ2n) is 6.17. The quantitative estimate of drug-likeness (QED) is 0.614. The van der Waals surface area contributed by atoms with Gasteiger partial charge in [0.1, 0.15) is 0 Å². The Morgan fingerprint density at radius 1 is 0.800 bits per heavy atom. The Morgan fingerprint density at radius 3 is 1.96 bits per heavy atom. The van der Waals surface area contributed by atoms with E-state index in [1.165, 1.54) is 28.2 Å². The molecule has 3 heteroatoms. The van der Waals surface area contributed by atoms with Crippen LogP contribution in [0.25, 0.3) is 28.0 Å². The molecule has 3 aromatic rings. The van der Waals surface area contributed by atoms with E-state index in [4.69, 9.17) is 0 Å². The molecule has 128 valence electrons. The summed E-state index contributed by atoms with van der Waals surface area (Å²) in [6, 6.07) is 16.8. The zero-order chi connectivity index (χ0) is 17.6. The lowest BCUT2D eigenvalue weighted by Gasteiger charge is -2.13. The molecule has 0 spiro atoms. The topological polar surface area (TPSA) is 25.2 Å². The maximum atomic E-state index is 11.1. The molecule has 3 nitrogen and oxygen atoms in total. The highest BCUT2D eigenvalue weighted by Crippen LogP contribution is 2.28. The minimum Gasteiger partial charge on any atom is -0.320 e. The van der Waals surface area contributed by atoms with Crippen LogP contribution in [0.2, 0.25) is 0 Å². The first-order valence-corrected chi connectivity index (χ1v) is 8.78. The van der Waals surface area contributed by atoms with Gasteiger partial charge in [-0.25, -0.2) is 0 Å². The van der Waals surface area contributed by atoms with Crippen LogP contribution in [0.15, 0.2) is 67.9 Å². The lowest BCUT2D eigenvalue weighted by molar-refractivity contribution is -0.128. The minimum absolute atomic E-state index is 0.229. The van der Waals surface area contributed by atoms with E-state index in [9.17, 15) is 4.79 Å². The average molecular weight is 332 g/mol. The molecular weight excluding hydrogens is 308 g/mol. The molecular formula is C22H24N2O. The minimum atomic E-state index is 0.229. The second kappa shape index (κ2) is 7.84. The van der Waals surface area contributed by atoms with Gasteiger partial charge in [0, 0.05) is 29.9 Å². The number of nitrogens with zero attached hydrogens (tertiary/aromatic N) is 2. The van der Waals surface area contributed by atoms with Crippen LogP contribution in [0.4, 0.5) is 0 Å². The number of para-hydroxylation sites is 2. The van der Waals surface area contributed by atoms with Crippen molar-refractivity contribution in [2.24, 2.45) is 0 Å². The largest absolute Gasteiger partial charge is 0.320 e. The predicted octanol–water partition coefficient (Wildman–Crippen LogP) is 5.43. The van der Waals surface area contributed by atoms with Gasteiger partial charge in [0.25, 0.3) is 0 Å². The van der Waals surface area contributed by atoms with Gasteiger partial charge >= 0.3 is 0 Å². The highest BCUT2D eigenvalue weighted by atomic mass is 16.2. The van der Waals surface area contributed by atoms with Gasteiger partial charge in [-0.15, -0.1) is 0 Å². The summed E-state index contributed by atoms with van der Waals surface area (Å²) in [7, 11) is 0. The van der Waals surface area contributed by atoms with Crippen LogP contribution in [-0.2, 0) is 4.79 Å². The molecule has 1 saturated heterocycles. The average Bonchev–Trinajstić information content (AvgIpc) is 2.83. The standard InChI is InChI=1S/C14H11N.C8H13NO/c1-2-15-13-9-5-3-7-11(13)12-8-4-6-10-14(12)15;1-2-9-7-5-3-4-6-8(9)10/h2-10H,1H2;2H,1,3-7H2. The van der Waals surface area contributed by atoms with Crippen LogP contribution in [-0.4, -0.2) is 21.9 Å². The first-order chi connectivity index (χ1) is 12.3. The molecule has 0 bridgehead atoms. The van der Waals surface area contributed by atoms with Crippen molar-refractivity contribution < 1.29 is 4.79 Å². The molecule has 0 N–H and O–H groups in total. The van der Waals surface area contributed by atoms with Gasteiger partial charge in [0.2, 0.25) is 5.91 Å². The predicted molar refractivity (Wildman–Crippen MR) is 106 cm³/mol. The Morgan fingerprint density at radius 2 is 1.40 bits per heavy atom. The van der Waals surface area contributed by atoms with Crippen molar-refractivity contribution in [1.29, 1.82) is 0 Å². The Balaban J connectivity index is 0.000000160. The van der Waals surface area contributed by atoms with Crippen molar-refractivity contribution in [2.75, 3.05) is 6.54 Å². The zero-order valence-corrected chi connectivity index (χ0v) is 14.5. The number of hydrogen-bond donors (Lipinski definition) is 0. The summed E-state index contributed by atoms with van der Waals surface area (Å²) in [5, 5.41) is 2.57. The molecule has 4 rings (SSSR count). The molecule has 0 saturated carbocycles. The molecule has 0 aliphatic carbocycles. The van der Waals surface area contributed by atoms with Gasteiger partial charge < -0.3 is 9.47 Å². The Kier molecular flexibility index (Phi) is 5.34. The Bertz CT molecular complexity index is 853. The third kappa shape index (κ3) is 3.50.